The number of hydrogen-bond donors (Lipinski definition) is 2. The van der Waals surface area contributed by atoms with E-state index in [1.54, 1.807) is 0 Å². The van der Waals surface area contributed by atoms with E-state index in [1.807, 2.05) is 0 Å². The number of alkyl halides is 9. The number of nitrogen functional groups attached to an aromatic ring is 2. The fraction of sp³-hybridized carbons (Fsp3) is 0.143. The number of anilines is 2. The summed E-state index contributed by atoms with van der Waals surface area (Å²) in [5.74, 6) is -16.9. The van der Waals surface area contributed by atoms with Crippen LogP contribution in [0, 0.1) is 23.3 Å². The van der Waals surface area contributed by atoms with Crippen molar-refractivity contribution in [2.75, 3.05) is 11.5 Å². The van der Waals surface area contributed by atoms with Gasteiger partial charge in [0.25, 0.3) is 0 Å². The summed E-state index contributed by atoms with van der Waals surface area (Å²) in [4.78, 5) is 0. The van der Waals surface area contributed by atoms with Gasteiger partial charge in [-0.3, -0.25) is 0 Å². The molecule has 0 spiro atoms. The van der Waals surface area contributed by atoms with Crippen LogP contribution in [0.5, 0.6) is 23.0 Å². The summed E-state index contributed by atoms with van der Waals surface area (Å²) in [7, 11) is 0. The molecule has 4 nitrogen and oxygen atoms in total. The Morgan fingerprint density at radius 3 is 1.21 bits per heavy atom. The quantitative estimate of drug-likeness (QED) is 0.247. The van der Waals surface area contributed by atoms with Crippen LogP contribution in [-0.4, -0.2) is 0 Å². The first kappa shape index (κ1) is 28.5. The summed E-state index contributed by atoms with van der Waals surface area (Å²) in [6, 6.07) is 0.133. The Morgan fingerprint density at radius 2 is 0.842 bits per heavy atom. The molecule has 0 heterocycles. The highest BCUT2D eigenvalue weighted by Crippen LogP contribution is 2.47. The molecule has 3 aromatic rings. The Kier molecular flexibility index (Phi) is 7.02. The van der Waals surface area contributed by atoms with Crippen LogP contribution in [0.15, 0.2) is 30.3 Å². The maximum atomic E-state index is 15.1. The highest BCUT2D eigenvalue weighted by Gasteiger charge is 2.41. The van der Waals surface area contributed by atoms with Crippen molar-refractivity contribution < 1.29 is 66.5 Å². The maximum absolute atomic E-state index is 15.1. The lowest BCUT2D eigenvalue weighted by Crippen LogP contribution is -2.13. The van der Waals surface area contributed by atoms with E-state index in [9.17, 15) is 52.7 Å². The molecular weight excluding hydrogens is 559 g/mol. The van der Waals surface area contributed by atoms with Crippen LogP contribution in [0.4, 0.5) is 68.5 Å². The summed E-state index contributed by atoms with van der Waals surface area (Å²) >= 11 is 0. The molecule has 0 aliphatic rings. The third-order valence-electron chi connectivity index (χ3n) is 4.59. The normalized spacial score (nSPS) is 12.6. The minimum Gasteiger partial charge on any atom is -0.450 e. The summed E-state index contributed by atoms with van der Waals surface area (Å²) < 4.78 is 186. The highest BCUT2D eigenvalue weighted by molar-refractivity contribution is 5.55. The fourth-order valence-electron chi connectivity index (χ4n) is 3.01. The van der Waals surface area contributed by atoms with Crippen LogP contribution >= 0.6 is 0 Å². The third kappa shape index (κ3) is 5.60. The van der Waals surface area contributed by atoms with Gasteiger partial charge in [-0.2, -0.15) is 43.9 Å². The molecule has 0 aliphatic heterocycles. The number of ether oxygens (including phenoxy) is 2. The van der Waals surface area contributed by atoms with Crippen molar-refractivity contribution in [2.24, 2.45) is 0 Å². The monoisotopic (exact) mass is 568 g/mol. The Hall–Kier alpha value is -4.05. The first-order valence-corrected chi connectivity index (χ1v) is 9.49. The van der Waals surface area contributed by atoms with Gasteiger partial charge in [-0.1, -0.05) is 0 Å². The summed E-state index contributed by atoms with van der Waals surface area (Å²) in [5, 5.41) is 0. The number of benzene rings is 3. The lowest BCUT2D eigenvalue weighted by Gasteiger charge is -2.19. The molecule has 3 rings (SSSR count). The van der Waals surface area contributed by atoms with E-state index < -0.39 is 98.9 Å². The van der Waals surface area contributed by atoms with Gasteiger partial charge < -0.3 is 20.9 Å². The van der Waals surface area contributed by atoms with Crippen molar-refractivity contribution in [3.63, 3.8) is 0 Å². The predicted octanol–water partition coefficient (Wildman–Crippen LogP) is 8.05. The average molecular weight is 568 g/mol. The van der Waals surface area contributed by atoms with Gasteiger partial charge in [0, 0.05) is 23.5 Å². The molecule has 17 heteroatoms. The van der Waals surface area contributed by atoms with Crippen LogP contribution in [-0.2, 0) is 18.5 Å². The topological polar surface area (TPSA) is 70.5 Å². The number of rotatable bonds is 4. The van der Waals surface area contributed by atoms with Gasteiger partial charge in [0.05, 0.1) is 11.1 Å². The fourth-order valence-corrected chi connectivity index (χ4v) is 3.01. The second kappa shape index (κ2) is 9.36. The molecule has 4 N–H and O–H groups in total. The van der Waals surface area contributed by atoms with Crippen LogP contribution in [0.3, 0.4) is 0 Å². The van der Waals surface area contributed by atoms with E-state index in [2.05, 4.69) is 9.47 Å². The molecule has 0 amide bonds. The number of nitrogens with two attached hydrogens (primary N) is 2. The largest absolute Gasteiger partial charge is 0.450 e. The molecule has 0 unspecified atom stereocenters. The van der Waals surface area contributed by atoms with Gasteiger partial charge in [0.15, 0.2) is 34.7 Å². The molecule has 0 aliphatic carbocycles. The van der Waals surface area contributed by atoms with E-state index in [1.165, 1.54) is 0 Å². The van der Waals surface area contributed by atoms with Crippen LogP contribution < -0.4 is 20.9 Å². The Balaban J connectivity index is 2.24. The SMILES string of the molecule is Nc1cc(Oc2c(F)cc(C(F)(F)F)c(Oc3cc(N)cc(C(F)(F)F)c3F)c2F)c(F)c(C(F)(F)F)c1. The first-order chi connectivity index (χ1) is 17.2. The zero-order valence-corrected chi connectivity index (χ0v) is 17.8. The van der Waals surface area contributed by atoms with Crippen LogP contribution in [0.25, 0.3) is 0 Å². The van der Waals surface area contributed by atoms with Gasteiger partial charge in [-0.15, -0.1) is 0 Å². The van der Waals surface area contributed by atoms with E-state index in [4.69, 9.17) is 11.5 Å². The van der Waals surface area contributed by atoms with Gasteiger partial charge in [0.1, 0.15) is 5.56 Å². The van der Waals surface area contributed by atoms with Gasteiger partial charge in [-0.05, 0) is 18.2 Å². The molecule has 0 saturated heterocycles. The van der Waals surface area contributed by atoms with E-state index >= 15 is 4.39 Å². The van der Waals surface area contributed by atoms with Gasteiger partial charge in [0.2, 0.25) is 11.6 Å². The second-order valence-electron chi connectivity index (χ2n) is 7.34. The molecular formula is C21H9F13N2O2. The van der Waals surface area contributed by atoms with Crippen molar-refractivity contribution in [1.29, 1.82) is 0 Å². The summed E-state index contributed by atoms with van der Waals surface area (Å²) in [6.07, 6.45) is -16.5. The van der Waals surface area contributed by atoms with E-state index in [-0.39, 0.29) is 18.2 Å². The van der Waals surface area contributed by atoms with Crippen LogP contribution in [0.2, 0.25) is 0 Å². The lowest BCUT2D eigenvalue weighted by atomic mass is 10.1. The zero-order chi connectivity index (χ0) is 29.0. The Bertz CT molecular complexity index is 1400. The maximum Gasteiger partial charge on any atom is 0.420 e. The number of hydrogen-bond acceptors (Lipinski definition) is 4. The minimum atomic E-state index is -5.69. The molecule has 0 fully saturated rings. The smallest absolute Gasteiger partial charge is 0.420 e. The van der Waals surface area contributed by atoms with Crippen molar-refractivity contribution in [3.8, 4) is 23.0 Å². The van der Waals surface area contributed by atoms with Gasteiger partial charge in [-0.25, -0.2) is 13.2 Å². The first-order valence-electron chi connectivity index (χ1n) is 9.49. The molecule has 0 radical (unpaired) electrons. The third-order valence-corrected chi connectivity index (χ3v) is 4.59. The van der Waals surface area contributed by atoms with E-state index in [0.29, 0.717) is 6.07 Å². The summed E-state index contributed by atoms with van der Waals surface area (Å²) in [6.45, 7) is 0. The molecule has 0 aromatic heterocycles. The average Bonchev–Trinajstić information content (AvgIpc) is 2.74. The van der Waals surface area contributed by atoms with Crippen molar-refractivity contribution in [1.82, 2.24) is 0 Å². The van der Waals surface area contributed by atoms with Crippen molar-refractivity contribution in [2.45, 2.75) is 18.5 Å². The second-order valence-corrected chi connectivity index (χ2v) is 7.34. The molecule has 0 saturated carbocycles. The van der Waals surface area contributed by atoms with Gasteiger partial charge >= 0.3 is 18.5 Å². The molecule has 206 valence electrons. The number of halogens is 13. The molecule has 0 bridgehead atoms. The summed E-state index contributed by atoms with van der Waals surface area (Å²) in [5.41, 5.74) is 2.09. The molecule has 0 atom stereocenters. The van der Waals surface area contributed by atoms with E-state index in [0.717, 1.165) is 0 Å². The minimum absolute atomic E-state index is 0.0449. The Morgan fingerprint density at radius 1 is 0.474 bits per heavy atom. The highest BCUT2D eigenvalue weighted by atomic mass is 19.4. The standard InChI is InChI=1S/C21H9F13N2O2/c22-11-5-10(21(32,33)34)17(37-12-3-6(35)1-8(14(12)23)19(26,27)28)16(25)18(11)38-13-4-7(36)2-9(15(13)24)20(29,30)31/h1-5H,35-36H2. The Labute approximate surface area is 202 Å². The lowest BCUT2D eigenvalue weighted by molar-refractivity contribution is -0.141. The van der Waals surface area contributed by atoms with Crippen molar-refractivity contribution in [3.05, 3.63) is 70.3 Å². The van der Waals surface area contributed by atoms with Crippen molar-refractivity contribution >= 4 is 11.4 Å². The zero-order valence-electron chi connectivity index (χ0n) is 17.8. The predicted molar refractivity (Wildman–Crippen MR) is 103 cm³/mol. The molecule has 38 heavy (non-hydrogen) atoms. The van der Waals surface area contributed by atoms with Crippen LogP contribution in [0.1, 0.15) is 16.7 Å². The molecule has 3 aromatic carbocycles.